The molecule has 0 bridgehead atoms. The van der Waals surface area contributed by atoms with Crippen LogP contribution in [0.1, 0.15) is 17.5 Å². The SMILES string of the molecule is O=C(Nc1cccc2c1CCC2)N[C@H]1C=CS(=O)(=O)C1. The van der Waals surface area contributed by atoms with Crippen molar-refractivity contribution in [1.82, 2.24) is 5.32 Å². The molecular weight excluding hydrogens is 276 g/mol. The second-order valence-electron chi connectivity index (χ2n) is 5.16. The predicted molar refractivity (Wildman–Crippen MR) is 77.3 cm³/mol. The first kappa shape index (κ1) is 13.2. The van der Waals surface area contributed by atoms with Crippen LogP contribution in [-0.4, -0.2) is 26.2 Å². The van der Waals surface area contributed by atoms with Crippen molar-refractivity contribution in [3.63, 3.8) is 0 Å². The summed E-state index contributed by atoms with van der Waals surface area (Å²) < 4.78 is 22.6. The van der Waals surface area contributed by atoms with Gasteiger partial charge >= 0.3 is 6.03 Å². The lowest BCUT2D eigenvalue weighted by Crippen LogP contribution is -2.38. The standard InChI is InChI=1S/C14H16N2O3S/c17-14(15-11-7-8-20(18,19)9-11)16-13-6-2-4-10-3-1-5-12(10)13/h2,4,6-8,11H,1,3,5,9H2,(H2,15,16,17)/t11-/m0/s1. The van der Waals surface area contributed by atoms with Crippen molar-refractivity contribution in [3.8, 4) is 0 Å². The van der Waals surface area contributed by atoms with Gasteiger partial charge in [-0.25, -0.2) is 13.2 Å². The topological polar surface area (TPSA) is 75.3 Å². The Kier molecular flexibility index (Phi) is 3.25. The first-order chi connectivity index (χ1) is 9.53. The highest BCUT2D eigenvalue weighted by atomic mass is 32.2. The quantitative estimate of drug-likeness (QED) is 0.869. The largest absolute Gasteiger partial charge is 0.331 e. The fourth-order valence-corrected chi connectivity index (χ4v) is 3.96. The number of aryl methyl sites for hydroxylation is 1. The van der Waals surface area contributed by atoms with E-state index in [1.165, 1.54) is 17.2 Å². The zero-order valence-electron chi connectivity index (χ0n) is 10.9. The third kappa shape index (κ3) is 2.70. The zero-order valence-corrected chi connectivity index (χ0v) is 11.7. The average Bonchev–Trinajstić information content (AvgIpc) is 2.96. The molecule has 6 heteroatoms. The molecule has 1 atom stereocenters. The molecule has 0 fully saturated rings. The van der Waals surface area contributed by atoms with Crippen LogP contribution in [0.4, 0.5) is 10.5 Å². The minimum atomic E-state index is -3.15. The molecule has 20 heavy (non-hydrogen) atoms. The molecule has 1 aliphatic heterocycles. The van der Waals surface area contributed by atoms with E-state index in [1.54, 1.807) is 0 Å². The third-order valence-corrected chi connectivity index (χ3v) is 5.04. The summed E-state index contributed by atoms with van der Waals surface area (Å²) in [5.41, 5.74) is 3.30. The van der Waals surface area contributed by atoms with E-state index in [0.717, 1.165) is 30.4 Å². The van der Waals surface area contributed by atoms with Crippen LogP contribution in [0.25, 0.3) is 0 Å². The Morgan fingerprint density at radius 2 is 2.10 bits per heavy atom. The number of sulfone groups is 1. The van der Waals surface area contributed by atoms with E-state index in [9.17, 15) is 13.2 Å². The molecule has 2 N–H and O–H groups in total. The fraction of sp³-hybridized carbons (Fsp3) is 0.357. The molecule has 106 valence electrons. The minimum Gasteiger partial charge on any atom is -0.331 e. The molecule has 2 aliphatic rings. The van der Waals surface area contributed by atoms with Gasteiger partial charge < -0.3 is 10.6 Å². The number of amides is 2. The van der Waals surface area contributed by atoms with Crippen LogP contribution in [0.3, 0.4) is 0 Å². The lowest BCUT2D eigenvalue weighted by atomic mass is 10.1. The molecule has 0 radical (unpaired) electrons. The molecule has 3 rings (SSSR count). The lowest BCUT2D eigenvalue weighted by molar-refractivity contribution is 0.251. The third-order valence-electron chi connectivity index (χ3n) is 3.64. The number of anilines is 1. The van der Waals surface area contributed by atoms with Crippen molar-refractivity contribution >= 4 is 21.6 Å². The molecule has 0 spiro atoms. The molecule has 0 saturated heterocycles. The van der Waals surface area contributed by atoms with Gasteiger partial charge in [-0.3, -0.25) is 0 Å². The molecular formula is C14H16N2O3S. The number of carbonyl (C=O) groups is 1. The molecule has 1 aromatic rings. The summed E-state index contributed by atoms with van der Waals surface area (Å²) in [6.07, 6.45) is 4.64. The van der Waals surface area contributed by atoms with Crippen molar-refractivity contribution in [2.24, 2.45) is 0 Å². The van der Waals surface area contributed by atoms with Crippen LogP contribution < -0.4 is 10.6 Å². The maximum atomic E-state index is 11.9. The fourth-order valence-electron chi connectivity index (χ4n) is 2.73. The second kappa shape index (κ2) is 4.94. The van der Waals surface area contributed by atoms with Crippen molar-refractivity contribution in [3.05, 3.63) is 40.8 Å². The maximum Gasteiger partial charge on any atom is 0.319 e. The first-order valence-electron chi connectivity index (χ1n) is 6.63. The van der Waals surface area contributed by atoms with Crippen molar-refractivity contribution < 1.29 is 13.2 Å². The Labute approximate surface area is 118 Å². The molecule has 5 nitrogen and oxygen atoms in total. The Balaban J connectivity index is 1.66. The molecule has 0 saturated carbocycles. The molecule has 1 heterocycles. The molecule has 1 aromatic carbocycles. The normalized spacial score (nSPS) is 22.5. The Morgan fingerprint density at radius 1 is 1.25 bits per heavy atom. The van der Waals surface area contributed by atoms with Crippen molar-refractivity contribution in [2.45, 2.75) is 25.3 Å². The summed E-state index contributed by atoms with van der Waals surface area (Å²) in [6.45, 7) is 0. The van der Waals surface area contributed by atoms with Gasteiger partial charge in [-0.15, -0.1) is 0 Å². The Bertz CT molecular complexity index is 680. The summed E-state index contributed by atoms with van der Waals surface area (Å²) in [5, 5.41) is 6.63. The predicted octanol–water partition coefficient (Wildman–Crippen LogP) is 1.61. The minimum absolute atomic E-state index is 0.0622. The van der Waals surface area contributed by atoms with Crippen LogP contribution in [0.2, 0.25) is 0 Å². The van der Waals surface area contributed by atoms with E-state index in [2.05, 4.69) is 16.7 Å². The molecule has 1 aliphatic carbocycles. The summed E-state index contributed by atoms with van der Waals surface area (Å²) in [6, 6.07) is 5.08. The number of hydrogen-bond donors (Lipinski definition) is 2. The summed E-state index contributed by atoms with van der Waals surface area (Å²) in [4.78, 5) is 11.9. The van der Waals surface area contributed by atoms with Crippen LogP contribution in [0, 0.1) is 0 Å². The summed E-state index contributed by atoms with van der Waals surface area (Å²) in [5.74, 6) is -0.0622. The maximum absolute atomic E-state index is 11.9. The highest BCUT2D eigenvalue weighted by Crippen LogP contribution is 2.28. The first-order valence-corrected chi connectivity index (χ1v) is 8.34. The van der Waals surface area contributed by atoms with Gasteiger partial charge in [-0.05, 0) is 42.5 Å². The van der Waals surface area contributed by atoms with Crippen LogP contribution in [-0.2, 0) is 22.7 Å². The summed E-state index contributed by atoms with van der Waals surface area (Å²) >= 11 is 0. The van der Waals surface area contributed by atoms with Crippen molar-refractivity contribution in [2.75, 3.05) is 11.1 Å². The monoisotopic (exact) mass is 292 g/mol. The van der Waals surface area contributed by atoms with Gasteiger partial charge in [-0.2, -0.15) is 0 Å². The van der Waals surface area contributed by atoms with Gasteiger partial charge in [0.2, 0.25) is 0 Å². The lowest BCUT2D eigenvalue weighted by Gasteiger charge is -2.13. The van der Waals surface area contributed by atoms with E-state index >= 15 is 0 Å². The number of fused-ring (bicyclic) bond motifs is 1. The molecule has 2 amide bonds. The van der Waals surface area contributed by atoms with Gasteiger partial charge in [0.1, 0.15) is 0 Å². The van der Waals surface area contributed by atoms with E-state index in [-0.39, 0.29) is 11.8 Å². The second-order valence-corrected chi connectivity index (χ2v) is 7.09. The van der Waals surface area contributed by atoms with Crippen LogP contribution in [0.5, 0.6) is 0 Å². The average molecular weight is 292 g/mol. The van der Waals surface area contributed by atoms with Crippen LogP contribution in [0.15, 0.2) is 29.7 Å². The Hall–Kier alpha value is -1.82. The molecule has 0 aromatic heterocycles. The van der Waals surface area contributed by atoms with E-state index in [0.29, 0.717) is 0 Å². The molecule has 0 unspecified atom stereocenters. The van der Waals surface area contributed by atoms with Gasteiger partial charge in [0.15, 0.2) is 9.84 Å². The van der Waals surface area contributed by atoms with Gasteiger partial charge in [0.25, 0.3) is 0 Å². The highest BCUT2D eigenvalue weighted by Gasteiger charge is 2.23. The number of benzene rings is 1. The number of nitrogens with one attached hydrogen (secondary N) is 2. The van der Waals surface area contributed by atoms with Gasteiger partial charge in [-0.1, -0.05) is 12.1 Å². The van der Waals surface area contributed by atoms with Gasteiger partial charge in [0.05, 0.1) is 11.8 Å². The van der Waals surface area contributed by atoms with Crippen molar-refractivity contribution in [1.29, 1.82) is 0 Å². The van der Waals surface area contributed by atoms with E-state index in [4.69, 9.17) is 0 Å². The van der Waals surface area contributed by atoms with E-state index in [1.807, 2.05) is 12.1 Å². The van der Waals surface area contributed by atoms with Gasteiger partial charge in [0, 0.05) is 11.1 Å². The number of hydrogen-bond acceptors (Lipinski definition) is 3. The smallest absolute Gasteiger partial charge is 0.319 e. The number of rotatable bonds is 2. The highest BCUT2D eigenvalue weighted by molar-refractivity contribution is 7.94. The van der Waals surface area contributed by atoms with Crippen LogP contribution >= 0.6 is 0 Å². The number of carbonyl (C=O) groups excluding carboxylic acids is 1. The Morgan fingerprint density at radius 3 is 2.85 bits per heavy atom. The summed E-state index contributed by atoms with van der Waals surface area (Å²) in [7, 11) is -3.15. The number of urea groups is 1. The van der Waals surface area contributed by atoms with E-state index < -0.39 is 15.9 Å². The zero-order chi connectivity index (χ0) is 14.2.